The topological polar surface area (TPSA) is 40.9 Å². The van der Waals surface area contributed by atoms with Crippen LogP contribution in [0.4, 0.5) is 51.2 Å². The zero-order valence-electron chi connectivity index (χ0n) is 54.3. The van der Waals surface area contributed by atoms with E-state index in [4.69, 9.17) is 8.83 Å². The van der Waals surface area contributed by atoms with Gasteiger partial charge in [-0.1, -0.05) is 207 Å². The Morgan fingerprint density at radius 1 is 0.303 bits per heavy atom. The number of furan rings is 2. The van der Waals surface area contributed by atoms with Crippen LogP contribution in [0, 0.1) is 0 Å². The Labute approximate surface area is 525 Å². The average molecular weight is 1160 g/mol. The smallest absolute Gasteiger partial charge is 0.252 e. The fourth-order valence-corrected chi connectivity index (χ4v) is 14.1. The Bertz CT molecular complexity index is 4850. The van der Waals surface area contributed by atoms with Crippen LogP contribution in [-0.2, 0) is 27.1 Å². The highest BCUT2D eigenvalue weighted by molar-refractivity contribution is 7.00. The van der Waals surface area contributed by atoms with Gasteiger partial charge in [-0.3, -0.25) is 0 Å². The van der Waals surface area contributed by atoms with Gasteiger partial charge in [-0.05, 0) is 174 Å². The summed E-state index contributed by atoms with van der Waals surface area (Å²) in [6, 6.07) is 77.9. The Kier molecular flexibility index (Phi) is 12.4. The van der Waals surface area contributed by atoms with Crippen molar-refractivity contribution in [1.29, 1.82) is 0 Å². The highest BCUT2D eigenvalue weighted by atomic mass is 16.3. The number of benzene rings is 10. The molecule has 7 heteroatoms. The first-order valence-corrected chi connectivity index (χ1v) is 31.8. The van der Waals surface area contributed by atoms with Crippen LogP contribution >= 0.6 is 0 Å². The number of hydrogen-bond acceptors (Lipinski definition) is 5. The van der Waals surface area contributed by atoms with E-state index in [2.05, 4.69) is 329 Å². The predicted octanol–water partition coefficient (Wildman–Crippen LogP) is 21.5. The molecule has 0 radical (unpaired) electrons. The number of nitrogens with zero attached hydrogens (tertiary/aromatic N) is 4. The maximum atomic E-state index is 7.21. The molecule has 5 heterocycles. The van der Waals surface area contributed by atoms with Crippen molar-refractivity contribution in [3.05, 3.63) is 234 Å². The first-order chi connectivity index (χ1) is 42.3. The molecule has 0 atom stereocenters. The molecule has 2 aliphatic rings. The van der Waals surface area contributed by atoms with Crippen molar-refractivity contribution in [2.75, 3.05) is 14.7 Å². The van der Waals surface area contributed by atoms with Crippen LogP contribution in [-0.4, -0.2) is 11.3 Å². The van der Waals surface area contributed by atoms with Gasteiger partial charge in [-0.2, -0.15) is 0 Å². The SMILES string of the molecule is CC(C)(C)c1ccc(N(c2ccc(C(C)(C)C)cc2)c2ccc3c(c2)N(c2cccc4c2oc2ccccc24)c2cc(N(c4ccc(C(C)(C)C)cc4)c4ccc(C(C)(C)C)cc4)cc4c2B3c2cc(C(C)(C)C)cc3c5oc6ccccc6c5n-4c23)cc1. The summed E-state index contributed by atoms with van der Waals surface area (Å²) in [7, 11) is 0. The fraction of sp³-hybridized carbons (Fsp3) is 0.244. The van der Waals surface area contributed by atoms with Gasteiger partial charge in [0.1, 0.15) is 16.7 Å². The molecule has 0 amide bonds. The highest BCUT2D eigenvalue weighted by Crippen LogP contribution is 2.51. The highest BCUT2D eigenvalue weighted by Gasteiger charge is 2.45. The van der Waals surface area contributed by atoms with E-state index >= 15 is 0 Å². The maximum Gasteiger partial charge on any atom is 0.252 e. The number of hydrogen-bond donors (Lipinski definition) is 0. The number of para-hydroxylation sites is 3. The Balaban J connectivity index is 1.09. The van der Waals surface area contributed by atoms with Gasteiger partial charge < -0.3 is 28.1 Å². The molecule has 6 nitrogen and oxygen atoms in total. The molecule has 0 saturated carbocycles. The molecule has 10 aromatic carbocycles. The van der Waals surface area contributed by atoms with Crippen molar-refractivity contribution in [2.24, 2.45) is 0 Å². The standard InChI is InChI=1S/C82H79BN4O2/c1-78(2,3)50-27-35-55(36-28-50)84(56-37-29-51(30-38-56)79(4,5)6)59-43-44-65-68(47-59)86(67-24-20-23-62-61-21-16-18-25-71(61)88-76(62)67)69-48-60(85(57-39-31-52(32-40-57)80(7,8)9)58-41-33-53(34-42-58)81(10,11)12)49-70-73(69)83(65)66-46-54(82(13,14)15)45-64-74(66)87(70)75-63-22-17-19-26-72(63)89-77(64)75/h16-49H,1-15H3. The molecule has 3 aromatic heterocycles. The van der Waals surface area contributed by atoms with Gasteiger partial charge in [0, 0.05) is 67.0 Å². The minimum Gasteiger partial charge on any atom is -0.454 e. The number of aromatic nitrogens is 1. The molecule has 0 aliphatic carbocycles. The second kappa shape index (κ2) is 19.7. The first kappa shape index (κ1) is 56.3. The largest absolute Gasteiger partial charge is 0.454 e. The quantitative estimate of drug-likeness (QED) is 0.149. The first-order valence-electron chi connectivity index (χ1n) is 31.8. The van der Waals surface area contributed by atoms with Gasteiger partial charge in [-0.15, -0.1) is 0 Å². The summed E-state index contributed by atoms with van der Waals surface area (Å²) in [6.45, 7) is 34.3. The van der Waals surface area contributed by atoms with E-state index < -0.39 is 0 Å². The zero-order chi connectivity index (χ0) is 62.0. The monoisotopic (exact) mass is 1160 g/mol. The van der Waals surface area contributed by atoms with Gasteiger partial charge in [0.25, 0.3) is 6.71 Å². The van der Waals surface area contributed by atoms with E-state index in [9.17, 15) is 0 Å². The lowest BCUT2D eigenvalue weighted by Gasteiger charge is -2.42. The molecule has 0 N–H and O–H groups in total. The molecule has 442 valence electrons. The lowest BCUT2D eigenvalue weighted by Crippen LogP contribution is -2.60. The van der Waals surface area contributed by atoms with E-state index in [0.29, 0.717) is 0 Å². The molecule has 0 unspecified atom stereocenters. The maximum absolute atomic E-state index is 7.21. The molecule has 89 heavy (non-hydrogen) atoms. The lowest BCUT2D eigenvalue weighted by atomic mass is 9.33. The molecule has 2 aliphatic heterocycles. The predicted molar refractivity (Wildman–Crippen MR) is 380 cm³/mol. The van der Waals surface area contributed by atoms with Crippen molar-refractivity contribution in [1.82, 2.24) is 4.57 Å². The third-order valence-electron chi connectivity index (χ3n) is 19.1. The van der Waals surface area contributed by atoms with E-state index in [0.717, 1.165) is 106 Å². The van der Waals surface area contributed by atoms with E-state index in [1.807, 2.05) is 0 Å². The van der Waals surface area contributed by atoms with Crippen LogP contribution in [0.25, 0.3) is 60.6 Å². The summed E-state index contributed by atoms with van der Waals surface area (Å²) in [6.07, 6.45) is 0. The second-order valence-corrected chi connectivity index (χ2v) is 30.3. The Morgan fingerprint density at radius 3 is 1.25 bits per heavy atom. The zero-order valence-corrected chi connectivity index (χ0v) is 54.3. The molecule has 0 fully saturated rings. The number of anilines is 9. The van der Waals surface area contributed by atoms with Gasteiger partial charge in [0.2, 0.25) is 0 Å². The van der Waals surface area contributed by atoms with Crippen LogP contribution in [0.3, 0.4) is 0 Å². The summed E-state index contributed by atoms with van der Waals surface area (Å²) in [4.78, 5) is 7.48. The third kappa shape index (κ3) is 9.12. The average Bonchev–Trinajstić information content (AvgIpc) is 1.63. The summed E-state index contributed by atoms with van der Waals surface area (Å²) in [5, 5.41) is 4.37. The number of fused-ring (bicyclic) bond motifs is 12. The van der Waals surface area contributed by atoms with Crippen LogP contribution in [0.2, 0.25) is 0 Å². The van der Waals surface area contributed by atoms with E-state index in [-0.39, 0.29) is 33.8 Å². The fourth-order valence-electron chi connectivity index (χ4n) is 14.1. The van der Waals surface area contributed by atoms with Crippen molar-refractivity contribution < 1.29 is 8.83 Å². The van der Waals surface area contributed by atoms with Gasteiger partial charge in [0.15, 0.2) is 11.2 Å². The summed E-state index contributed by atoms with van der Waals surface area (Å²) < 4.78 is 17.0. The van der Waals surface area contributed by atoms with Crippen molar-refractivity contribution in [3.63, 3.8) is 0 Å². The molecular formula is C82H79BN4O2. The van der Waals surface area contributed by atoms with Gasteiger partial charge in [-0.25, -0.2) is 0 Å². The minimum atomic E-state index is -0.192. The minimum absolute atomic E-state index is 0.0145. The van der Waals surface area contributed by atoms with E-state index in [1.54, 1.807) is 0 Å². The van der Waals surface area contributed by atoms with Gasteiger partial charge in [0.05, 0.1) is 16.9 Å². The van der Waals surface area contributed by atoms with Crippen LogP contribution < -0.4 is 31.1 Å². The molecular weight excluding hydrogens is 1080 g/mol. The Hall–Kier alpha value is -9.20. The lowest BCUT2D eigenvalue weighted by molar-refractivity contribution is 0.590. The molecule has 15 rings (SSSR count). The Morgan fingerprint density at radius 2 is 0.730 bits per heavy atom. The van der Waals surface area contributed by atoms with Gasteiger partial charge >= 0.3 is 0 Å². The molecule has 0 spiro atoms. The van der Waals surface area contributed by atoms with Crippen LogP contribution in [0.15, 0.2) is 215 Å². The second-order valence-electron chi connectivity index (χ2n) is 30.3. The van der Waals surface area contributed by atoms with Crippen LogP contribution in [0.1, 0.15) is 132 Å². The normalized spacial score (nSPS) is 13.5. The summed E-state index contributed by atoms with van der Waals surface area (Å²) >= 11 is 0. The molecule has 0 bridgehead atoms. The van der Waals surface area contributed by atoms with Crippen LogP contribution in [0.5, 0.6) is 0 Å². The third-order valence-corrected chi connectivity index (χ3v) is 19.1. The summed E-state index contributed by atoms with van der Waals surface area (Å²) in [5.74, 6) is 0. The van der Waals surface area contributed by atoms with E-state index in [1.165, 1.54) is 49.7 Å². The van der Waals surface area contributed by atoms with Crippen molar-refractivity contribution >= 4 is 129 Å². The van der Waals surface area contributed by atoms with Crippen molar-refractivity contribution in [3.8, 4) is 5.69 Å². The van der Waals surface area contributed by atoms with Crippen molar-refractivity contribution in [2.45, 2.75) is 131 Å². The molecule has 0 saturated heterocycles. The number of rotatable bonds is 7. The molecule has 13 aromatic rings. The summed E-state index contributed by atoms with van der Waals surface area (Å²) in [5.41, 5.74) is 26.2.